The van der Waals surface area contributed by atoms with Gasteiger partial charge in [0.25, 0.3) is 0 Å². The summed E-state index contributed by atoms with van der Waals surface area (Å²) in [6, 6.07) is 8.67. The molecule has 0 aliphatic carbocycles. The number of rotatable bonds is 7. The molecule has 1 unspecified atom stereocenters. The van der Waals surface area contributed by atoms with Gasteiger partial charge >= 0.3 is 0 Å². The van der Waals surface area contributed by atoms with E-state index in [4.69, 9.17) is 5.73 Å². The van der Waals surface area contributed by atoms with Gasteiger partial charge in [-0.15, -0.1) is 0 Å². The highest BCUT2D eigenvalue weighted by Crippen LogP contribution is 2.05. The zero-order valence-corrected chi connectivity index (χ0v) is 9.95. The number of nitrogens with two attached hydrogens (primary N) is 1. The molecule has 0 heterocycles. The maximum absolute atomic E-state index is 9.24. The van der Waals surface area contributed by atoms with Crippen molar-refractivity contribution in [3.05, 3.63) is 35.4 Å². The summed E-state index contributed by atoms with van der Waals surface area (Å²) in [6.07, 6.45) is 1.64. The van der Waals surface area contributed by atoms with Gasteiger partial charge in [-0.3, -0.25) is 0 Å². The number of aliphatic hydroxyl groups excluding tert-OH is 1. The van der Waals surface area contributed by atoms with Crippen molar-refractivity contribution >= 4 is 0 Å². The number of benzene rings is 1. The van der Waals surface area contributed by atoms with Gasteiger partial charge in [0, 0.05) is 13.1 Å². The van der Waals surface area contributed by atoms with Crippen LogP contribution in [0.5, 0.6) is 0 Å². The summed E-state index contributed by atoms with van der Waals surface area (Å²) in [5, 5.41) is 12.4. The Kier molecular flexibility index (Phi) is 6.08. The van der Waals surface area contributed by atoms with Crippen LogP contribution in [-0.2, 0) is 12.8 Å². The topological polar surface area (TPSA) is 58.3 Å². The lowest BCUT2D eigenvalue weighted by Crippen LogP contribution is -2.33. The van der Waals surface area contributed by atoms with E-state index in [9.17, 15) is 5.11 Å². The Morgan fingerprint density at radius 2 is 1.88 bits per heavy atom. The molecular weight excluding hydrogens is 200 g/mol. The highest BCUT2D eigenvalue weighted by atomic mass is 16.3. The van der Waals surface area contributed by atoms with Crippen LogP contribution < -0.4 is 11.1 Å². The summed E-state index contributed by atoms with van der Waals surface area (Å²) in [6.45, 7) is 3.93. The fraction of sp³-hybridized carbons (Fsp3) is 0.538. The number of nitrogens with one attached hydrogen (secondary N) is 1. The number of aliphatic hydroxyl groups is 1. The van der Waals surface area contributed by atoms with Crippen LogP contribution in [0.15, 0.2) is 24.3 Å². The van der Waals surface area contributed by atoms with E-state index in [0.717, 1.165) is 19.4 Å². The summed E-state index contributed by atoms with van der Waals surface area (Å²) in [5.74, 6) is 0. The molecule has 0 radical (unpaired) electrons. The Hall–Kier alpha value is -0.900. The Labute approximate surface area is 97.7 Å². The van der Waals surface area contributed by atoms with Crippen molar-refractivity contribution in [2.75, 3.05) is 19.6 Å². The average Bonchev–Trinajstić information content (AvgIpc) is 2.35. The molecule has 4 N–H and O–H groups in total. The van der Waals surface area contributed by atoms with Crippen molar-refractivity contribution in [1.29, 1.82) is 0 Å². The lowest BCUT2D eigenvalue weighted by atomic mass is 10.1. The summed E-state index contributed by atoms with van der Waals surface area (Å²) in [4.78, 5) is 0. The molecule has 0 aliphatic heterocycles. The number of hydrogen-bond acceptors (Lipinski definition) is 3. The molecule has 0 amide bonds. The Balaban J connectivity index is 2.21. The van der Waals surface area contributed by atoms with Crippen LogP contribution >= 0.6 is 0 Å². The van der Waals surface area contributed by atoms with Gasteiger partial charge in [-0.1, -0.05) is 31.2 Å². The lowest BCUT2D eigenvalue weighted by molar-refractivity contribution is 0.180. The molecule has 3 nitrogen and oxygen atoms in total. The van der Waals surface area contributed by atoms with Crippen LogP contribution in [0, 0.1) is 0 Å². The van der Waals surface area contributed by atoms with Gasteiger partial charge in [0.15, 0.2) is 0 Å². The average molecular weight is 222 g/mol. The molecule has 1 rings (SSSR count). The van der Waals surface area contributed by atoms with Gasteiger partial charge in [0.2, 0.25) is 0 Å². The van der Waals surface area contributed by atoms with E-state index in [0.29, 0.717) is 13.1 Å². The van der Waals surface area contributed by atoms with Crippen LogP contribution in [-0.4, -0.2) is 30.8 Å². The van der Waals surface area contributed by atoms with Crippen molar-refractivity contribution in [3.8, 4) is 0 Å². The maximum Gasteiger partial charge on any atom is 0.0786 e. The van der Waals surface area contributed by atoms with E-state index >= 15 is 0 Å². The molecule has 0 aromatic heterocycles. The minimum atomic E-state index is -0.428. The van der Waals surface area contributed by atoms with Crippen molar-refractivity contribution < 1.29 is 5.11 Å². The van der Waals surface area contributed by atoms with Crippen molar-refractivity contribution in [1.82, 2.24) is 5.32 Å². The van der Waals surface area contributed by atoms with Crippen molar-refractivity contribution in [3.63, 3.8) is 0 Å². The Morgan fingerprint density at radius 3 is 2.44 bits per heavy atom. The predicted octanol–water partition coefficient (Wildman–Crippen LogP) is 0.701. The van der Waals surface area contributed by atoms with E-state index in [1.165, 1.54) is 11.1 Å². The van der Waals surface area contributed by atoms with Crippen LogP contribution in [0.3, 0.4) is 0 Å². The summed E-state index contributed by atoms with van der Waals surface area (Å²) in [5.41, 5.74) is 8.00. The second-order valence-electron chi connectivity index (χ2n) is 4.01. The molecule has 16 heavy (non-hydrogen) atoms. The third kappa shape index (κ3) is 4.75. The normalized spacial score (nSPS) is 12.7. The maximum atomic E-state index is 9.24. The van der Waals surface area contributed by atoms with Gasteiger partial charge in [-0.2, -0.15) is 0 Å². The molecule has 0 saturated carbocycles. The highest BCUT2D eigenvalue weighted by molar-refractivity contribution is 5.22. The molecule has 1 aromatic carbocycles. The van der Waals surface area contributed by atoms with E-state index in [1.807, 2.05) is 0 Å². The first-order chi connectivity index (χ1) is 7.76. The van der Waals surface area contributed by atoms with Crippen molar-refractivity contribution in [2.24, 2.45) is 5.73 Å². The van der Waals surface area contributed by atoms with Crippen molar-refractivity contribution in [2.45, 2.75) is 25.9 Å². The molecule has 1 aromatic rings. The highest BCUT2D eigenvalue weighted by Gasteiger charge is 1.99. The first-order valence-corrected chi connectivity index (χ1v) is 5.93. The minimum Gasteiger partial charge on any atom is -0.390 e. The van der Waals surface area contributed by atoms with E-state index < -0.39 is 6.10 Å². The number of aryl methyl sites for hydroxylation is 1. The second-order valence-corrected chi connectivity index (χ2v) is 4.01. The summed E-state index contributed by atoms with van der Waals surface area (Å²) < 4.78 is 0. The fourth-order valence-corrected chi connectivity index (χ4v) is 1.53. The molecule has 1 atom stereocenters. The monoisotopic (exact) mass is 222 g/mol. The van der Waals surface area contributed by atoms with Crippen LogP contribution in [0.2, 0.25) is 0 Å². The van der Waals surface area contributed by atoms with Gasteiger partial charge < -0.3 is 16.2 Å². The second kappa shape index (κ2) is 7.39. The molecule has 0 fully saturated rings. The SMILES string of the molecule is CCc1ccc(CCNCC(O)CN)cc1. The van der Waals surface area contributed by atoms with Gasteiger partial charge in [0.1, 0.15) is 0 Å². The van der Waals surface area contributed by atoms with E-state index in [1.54, 1.807) is 0 Å². The zero-order valence-electron chi connectivity index (χ0n) is 9.95. The fourth-order valence-electron chi connectivity index (χ4n) is 1.53. The molecule has 0 aliphatic rings. The Bertz CT molecular complexity index is 284. The molecule has 3 heteroatoms. The lowest BCUT2D eigenvalue weighted by Gasteiger charge is -2.09. The van der Waals surface area contributed by atoms with Crippen LogP contribution in [0.25, 0.3) is 0 Å². The predicted molar refractivity (Wildman–Crippen MR) is 67.5 cm³/mol. The van der Waals surface area contributed by atoms with E-state index in [2.05, 4.69) is 36.5 Å². The Morgan fingerprint density at radius 1 is 1.25 bits per heavy atom. The smallest absolute Gasteiger partial charge is 0.0786 e. The molecule has 0 bridgehead atoms. The zero-order chi connectivity index (χ0) is 11.8. The standard InChI is InChI=1S/C13H22N2O/c1-2-11-3-5-12(6-4-11)7-8-15-10-13(16)9-14/h3-6,13,15-16H,2,7-10,14H2,1H3. The first kappa shape index (κ1) is 13.2. The quantitative estimate of drug-likeness (QED) is 0.595. The van der Waals surface area contributed by atoms with Crippen LogP contribution in [0.1, 0.15) is 18.1 Å². The molecular formula is C13H22N2O. The van der Waals surface area contributed by atoms with Gasteiger partial charge in [-0.05, 0) is 30.5 Å². The van der Waals surface area contributed by atoms with Gasteiger partial charge in [0.05, 0.1) is 6.10 Å². The largest absolute Gasteiger partial charge is 0.390 e. The van der Waals surface area contributed by atoms with E-state index in [-0.39, 0.29) is 0 Å². The number of hydrogen-bond donors (Lipinski definition) is 3. The summed E-state index contributed by atoms with van der Waals surface area (Å²) >= 11 is 0. The van der Waals surface area contributed by atoms with Crippen LogP contribution in [0.4, 0.5) is 0 Å². The van der Waals surface area contributed by atoms with Gasteiger partial charge in [-0.25, -0.2) is 0 Å². The molecule has 90 valence electrons. The summed E-state index contributed by atoms with van der Waals surface area (Å²) in [7, 11) is 0. The minimum absolute atomic E-state index is 0.318. The third-order valence-corrected chi connectivity index (χ3v) is 2.67. The molecule has 0 saturated heterocycles. The molecule has 0 spiro atoms. The third-order valence-electron chi connectivity index (χ3n) is 2.67. The first-order valence-electron chi connectivity index (χ1n) is 5.93.